The Hall–Kier alpha value is -3.04. The number of rotatable bonds is 5. The third-order valence-corrected chi connectivity index (χ3v) is 6.60. The van der Waals surface area contributed by atoms with Crippen LogP contribution in [0, 0.1) is 10.1 Å². The Kier molecular flexibility index (Phi) is 5.16. The van der Waals surface area contributed by atoms with E-state index in [2.05, 4.69) is 11.9 Å². The molecule has 0 fully saturated rings. The van der Waals surface area contributed by atoms with Gasteiger partial charge in [0.15, 0.2) is 4.80 Å². The molecule has 0 N–H and O–H groups in total. The molecule has 148 valence electrons. The zero-order valence-corrected chi connectivity index (χ0v) is 17.4. The summed E-state index contributed by atoms with van der Waals surface area (Å²) in [5, 5.41) is 11.6. The molecule has 4 rings (SSSR count). The van der Waals surface area contributed by atoms with Crippen LogP contribution in [0.4, 0.5) is 5.69 Å². The number of fused-ring (bicyclic) bond motifs is 2. The van der Waals surface area contributed by atoms with Crippen LogP contribution in [0.3, 0.4) is 0 Å². The number of thiazole rings is 1. The normalized spacial score (nSPS) is 12.0. The number of benzene rings is 2. The fourth-order valence-electron chi connectivity index (χ4n) is 3.10. The van der Waals surface area contributed by atoms with Crippen LogP contribution in [0.15, 0.2) is 47.5 Å². The summed E-state index contributed by atoms with van der Waals surface area (Å²) in [6, 6.07) is 12.1. The fourth-order valence-corrected chi connectivity index (χ4v) is 5.11. The molecule has 0 saturated heterocycles. The van der Waals surface area contributed by atoms with E-state index in [1.807, 2.05) is 22.8 Å². The maximum Gasteiger partial charge on any atom is 0.289 e. The SMILES string of the molecule is CCCn1c(=NC(=O)c2cc3cc([N+](=O)[O-])ccc3s2)sc2cc(OC)ccc21. The van der Waals surface area contributed by atoms with E-state index in [4.69, 9.17) is 4.74 Å². The molecule has 0 aliphatic rings. The monoisotopic (exact) mass is 427 g/mol. The summed E-state index contributed by atoms with van der Waals surface area (Å²) in [6.07, 6.45) is 0.909. The van der Waals surface area contributed by atoms with Crippen LogP contribution in [0.1, 0.15) is 23.0 Å². The van der Waals surface area contributed by atoms with Crippen LogP contribution >= 0.6 is 22.7 Å². The topological polar surface area (TPSA) is 86.7 Å². The van der Waals surface area contributed by atoms with Crippen LogP contribution in [-0.2, 0) is 6.54 Å². The van der Waals surface area contributed by atoms with E-state index in [1.54, 1.807) is 19.2 Å². The quantitative estimate of drug-likeness (QED) is 0.332. The Morgan fingerprint density at radius 1 is 1.17 bits per heavy atom. The van der Waals surface area contributed by atoms with Gasteiger partial charge in [-0.25, -0.2) is 0 Å². The average molecular weight is 428 g/mol. The van der Waals surface area contributed by atoms with Crippen molar-refractivity contribution in [1.82, 2.24) is 4.57 Å². The predicted molar refractivity (Wildman–Crippen MR) is 115 cm³/mol. The number of hydrogen-bond acceptors (Lipinski definition) is 6. The number of non-ortho nitro benzene ring substituents is 1. The molecule has 0 spiro atoms. The van der Waals surface area contributed by atoms with Gasteiger partial charge in [-0.1, -0.05) is 18.3 Å². The molecular formula is C20H17N3O4S2. The van der Waals surface area contributed by atoms with E-state index < -0.39 is 4.92 Å². The van der Waals surface area contributed by atoms with Gasteiger partial charge in [-0.15, -0.1) is 11.3 Å². The van der Waals surface area contributed by atoms with Crippen LogP contribution < -0.4 is 9.54 Å². The van der Waals surface area contributed by atoms with Crippen molar-refractivity contribution < 1.29 is 14.5 Å². The summed E-state index contributed by atoms with van der Waals surface area (Å²) in [5.41, 5.74) is 1.02. The third kappa shape index (κ3) is 3.66. The van der Waals surface area contributed by atoms with E-state index >= 15 is 0 Å². The number of thiophene rings is 1. The summed E-state index contributed by atoms with van der Waals surface area (Å²) >= 11 is 2.73. The van der Waals surface area contributed by atoms with Gasteiger partial charge >= 0.3 is 0 Å². The predicted octanol–water partition coefficient (Wildman–Crippen LogP) is 4.99. The summed E-state index contributed by atoms with van der Waals surface area (Å²) < 4.78 is 9.15. The van der Waals surface area contributed by atoms with E-state index in [0.717, 1.165) is 33.6 Å². The zero-order valence-electron chi connectivity index (χ0n) is 15.7. The van der Waals surface area contributed by atoms with Gasteiger partial charge < -0.3 is 9.30 Å². The lowest BCUT2D eigenvalue weighted by atomic mass is 10.2. The lowest BCUT2D eigenvalue weighted by Crippen LogP contribution is -2.16. The summed E-state index contributed by atoms with van der Waals surface area (Å²) in [5.74, 6) is 0.406. The maximum absolute atomic E-state index is 12.8. The second-order valence-corrected chi connectivity index (χ2v) is 8.47. The Morgan fingerprint density at radius 3 is 2.72 bits per heavy atom. The van der Waals surface area contributed by atoms with Gasteiger partial charge in [0, 0.05) is 28.8 Å². The van der Waals surface area contributed by atoms with Gasteiger partial charge in [0.2, 0.25) is 0 Å². The molecule has 7 nitrogen and oxygen atoms in total. The van der Waals surface area contributed by atoms with Crippen LogP contribution in [0.25, 0.3) is 20.3 Å². The van der Waals surface area contributed by atoms with Crippen molar-refractivity contribution in [3.8, 4) is 5.75 Å². The molecule has 2 aromatic heterocycles. The fraction of sp³-hybridized carbons (Fsp3) is 0.200. The number of nitrogens with zero attached hydrogens (tertiary/aromatic N) is 3. The molecule has 29 heavy (non-hydrogen) atoms. The van der Waals surface area contributed by atoms with Crippen molar-refractivity contribution in [1.29, 1.82) is 0 Å². The van der Waals surface area contributed by atoms with Crippen LogP contribution in [-0.4, -0.2) is 22.5 Å². The van der Waals surface area contributed by atoms with Crippen LogP contribution in [0.5, 0.6) is 5.75 Å². The molecule has 0 saturated carbocycles. The minimum Gasteiger partial charge on any atom is -0.497 e. The highest BCUT2D eigenvalue weighted by atomic mass is 32.1. The smallest absolute Gasteiger partial charge is 0.289 e. The second-order valence-electron chi connectivity index (χ2n) is 6.38. The van der Waals surface area contributed by atoms with Gasteiger partial charge in [0.05, 0.1) is 27.1 Å². The number of amides is 1. The molecule has 0 radical (unpaired) electrons. The molecule has 0 atom stereocenters. The molecular weight excluding hydrogens is 410 g/mol. The lowest BCUT2D eigenvalue weighted by Gasteiger charge is -2.03. The molecule has 9 heteroatoms. The highest BCUT2D eigenvalue weighted by Gasteiger charge is 2.14. The minimum atomic E-state index is -0.442. The van der Waals surface area contributed by atoms with Crippen molar-refractivity contribution in [2.75, 3.05) is 7.11 Å². The van der Waals surface area contributed by atoms with Crippen molar-refractivity contribution >= 4 is 54.6 Å². The van der Waals surface area contributed by atoms with Gasteiger partial charge in [0.1, 0.15) is 5.75 Å². The van der Waals surface area contributed by atoms with Gasteiger partial charge in [0.25, 0.3) is 11.6 Å². The number of carbonyl (C=O) groups is 1. The third-order valence-electron chi connectivity index (χ3n) is 4.46. The van der Waals surface area contributed by atoms with Crippen LogP contribution in [0.2, 0.25) is 0 Å². The molecule has 0 bridgehead atoms. The Morgan fingerprint density at radius 2 is 2.00 bits per heavy atom. The van der Waals surface area contributed by atoms with E-state index in [-0.39, 0.29) is 11.6 Å². The first-order valence-corrected chi connectivity index (χ1v) is 10.6. The van der Waals surface area contributed by atoms with Crippen molar-refractivity contribution in [3.05, 3.63) is 62.3 Å². The number of ether oxygens (including phenoxy) is 1. The number of nitro groups is 1. The van der Waals surface area contributed by atoms with Crippen molar-refractivity contribution in [3.63, 3.8) is 0 Å². The van der Waals surface area contributed by atoms with Gasteiger partial charge in [-0.3, -0.25) is 14.9 Å². The molecule has 2 aromatic carbocycles. The van der Waals surface area contributed by atoms with Gasteiger partial charge in [-0.2, -0.15) is 4.99 Å². The number of carbonyl (C=O) groups excluding carboxylic acids is 1. The Labute approximate surface area is 173 Å². The molecule has 1 amide bonds. The first kappa shape index (κ1) is 19.3. The van der Waals surface area contributed by atoms with E-state index in [9.17, 15) is 14.9 Å². The molecule has 0 aliphatic heterocycles. The standard InChI is InChI=1S/C20H17N3O4S2/c1-3-8-22-15-6-5-14(27-2)11-17(15)29-20(22)21-19(24)18-10-12-9-13(23(25)26)4-7-16(12)28-18/h4-7,9-11H,3,8H2,1-2H3. The van der Waals surface area contributed by atoms with E-state index in [0.29, 0.717) is 15.1 Å². The molecule has 4 aromatic rings. The first-order valence-electron chi connectivity index (χ1n) is 8.94. The molecule has 2 heterocycles. The average Bonchev–Trinajstić information content (AvgIpc) is 3.28. The Bertz CT molecular complexity index is 1320. The highest BCUT2D eigenvalue weighted by molar-refractivity contribution is 7.21. The first-order chi connectivity index (χ1) is 14.0. The minimum absolute atomic E-state index is 0.00507. The second kappa shape index (κ2) is 7.76. The largest absolute Gasteiger partial charge is 0.497 e. The summed E-state index contributed by atoms with van der Waals surface area (Å²) in [6.45, 7) is 2.82. The number of nitro benzene ring substituents is 1. The number of hydrogen-bond donors (Lipinski definition) is 0. The number of methoxy groups -OCH3 is 1. The van der Waals surface area contributed by atoms with Crippen molar-refractivity contribution in [2.24, 2.45) is 4.99 Å². The maximum atomic E-state index is 12.8. The summed E-state index contributed by atoms with van der Waals surface area (Å²) in [4.78, 5) is 28.8. The van der Waals surface area contributed by atoms with E-state index in [1.165, 1.54) is 34.8 Å². The van der Waals surface area contributed by atoms with Gasteiger partial charge in [-0.05, 0) is 36.8 Å². The summed E-state index contributed by atoms with van der Waals surface area (Å²) in [7, 11) is 1.62. The number of aryl methyl sites for hydroxylation is 1. The highest BCUT2D eigenvalue weighted by Crippen LogP contribution is 2.29. The number of aromatic nitrogens is 1. The molecule has 0 unspecified atom stereocenters. The molecule has 0 aliphatic carbocycles. The van der Waals surface area contributed by atoms with Crippen molar-refractivity contribution in [2.45, 2.75) is 19.9 Å². The zero-order chi connectivity index (χ0) is 20.5. The lowest BCUT2D eigenvalue weighted by molar-refractivity contribution is -0.384. The Balaban J connectivity index is 1.79.